The normalized spacial score (nSPS) is 14.8. The number of rotatable bonds is 1. The van der Waals surface area contributed by atoms with Gasteiger partial charge in [0.1, 0.15) is 5.01 Å². The van der Waals surface area contributed by atoms with Crippen LogP contribution >= 0.6 is 11.3 Å². The van der Waals surface area contributed by atoms with Crippen molar-refractivity contribution in [2.75, 3.05) is 0 Å². The fourth-order valence-corrected chi connectivity index (χ4v) is 3.55. The van der Waals surface area contributed by atoms with Gasteiger partial charge in [-0.2, -0.15) is 0 Å². The lowest BCUT2D eigenvalue weighted by molar-refractivity contribution is 0.551. The summed E-state index contributed by atoms with van der Waals surface area (Å²) in [5.41, 5.74) is 9.72. The summed E-state index contributed by atoms with van der Waals surface area (Å²) in [7, 11) is 0. The van der Waals surface area contributed by atoms with Crippen molar-refractivity contribution in [3.8, 4) is 11.3 Å². The molecule has 0 aliphatic heterocycles. The molecule has 1 heterocycles. The van der Waals surface area contributed by atoms with Crippen LogP contribution in [0.15, 0.2) is 24.3 Å². The fourth-order valence-electron chi connectivity index (χ4n) is 2.42. The van der Waals surface area contributed by atoms with Gasteiger partial charge in [-0.05, 0) is 38.7 Å². The number of benzene rings is 1. The predicted octanol–water partition coefficient (Wildman–Crippen LogP) is 3.49. The van der Waals surface area contributed by atoms with Gasteiger partial charge >= 0.3 is 0 Å². The maximum absolute atomic E-state index is 6.18. The smallest absolute Gasteiger partial charge is 0.113 e. The first-order valence-corrected chi connectivity index (χ1v) is 7.25. The highest BCUT2D eigenvalue weighted by Gasteiger charge is 2.24. The summed E-state index contributed by atoms with van der Waals surface area (Å²) in [6.07, 6.45) is 3.48. The molecule has 3 heteroatoms. The maximum Gasteiger partial charge on any atom is 0.113 e. The highest BCUT2D eigenvalue weighted by Crippen LogP contribution is 2.37. The van der Waals surface area contributed by atoms with E-state index < -0.39 is 0 Å². The Hall–Kier alpha value is -1.19. The monoisotopic (exact) mass is 258 g/mol. The topological polar surface area (TPSA) is 38.9 Å². The molecule has 0 fully saturated rings. The maximum atomic E-state index is 6.18. The van der Waals surface area contributed by atoms with E-state index in [4.69, 9.17) is 10.7 Å². The molecule has 0 spiro atoms. The standard InChI is InChI=1S/C15H18N2S/c1-15(2,16)14-17-13-11-8-4-3-6-10(11)7-5-9-12(13)18-14/h3-4,6,8H,5,7,9,16H2,1-2H3. The number of thiazole rings is 1. The molecular weight excluding hydrogens is 240 g/mol. The van der Waals surface area contributed by atoms with Gasteiger partial charge in [0.2, 0.25) is 0 Å². The zero-order valence-corrected chi connectivity index (χ0v) is 11.7. The number of aryl methyl sites for hydroxylation is 2. The van der Waals surface area contributed by atoms with Gasteiger partial charge in [0.25, 0.3) is 0 Å². The zero-order chi connectivity index (χ0) is 12.8. The Kier molecular flexibility index (Phi) is 2.76. The minimum absolute atomic E-state index is 0.341. The van der Waals surface area contributed by atoms with E-state index in [1.54, 1.807) is 11.3 Å². The largest absolute Gasteiger partial charge is 0.320 e. The van der Waals surface area contributed by atoms with Crippen LogP contribution in [0.5, 0.6) is 0 Å². The van der Waals surface area contributed by atoms with Gasteiger partial charge in [-0.3, -0.25) is 0 Å². The molecular formula is C15H18N2S. The third-order valence-corrected chi connectivity index (χ3v) is 4.83. The Morgan fingerprint density at radius 3 is 2.78 bits per heavy atom. The molecule has 0 bridgehead atoms. The van der Waals surface area contributed by atoms with Crippen LogP contribution in [0.3, 0.4) is 0 Å². The quantitative estimate of drug-likeness (QED) is 0.850. The van der Waals surface area contributed by atoms with Crippen molar-refractivity contribution in [1.82, 2.24) is 4.98 Å². The number of hydrogen-bond donors (Lipinski definition) is 1. The molecule has 0 atom stereocenters. The van der Waals surface area contributed by atoms with Crippen molar-refractivity contribution < 1.29 is 0 Å². The minimum Gasteiger partial charge on any atom is -0.320 e. The minimum atomic E-state index is -0.341. The second-order valence-electron chi connectivity index (χ2n) is 5.52. The van der Waals surface area contributed by atoms with Crippen LogP contribution in [-0.2, 0) is 18.4 Å². The first-order valence-electron chi connectivity index (χ1n) is 6.43. The molecule has 2 aromatic rings. The van der Waals surface area contributed by atoms with Crippen LogP contribution in [0.2, 0.25) is 0 Å². The van der Waals surface area contributed by atoms with E-state index in [0.29, 0.717) is 0 Å². The van der Waals surface area contributed by atoms with Crippen molar-refractivity contribution in [2.24, 2.45) is 5.73 Å². The summed E-state index contributed by atoms with van der Waals surface area (Å²) < 4.78 is 0. The van der Waals surface area contributed by atoms with Crippen LogP contribution in [0, 0.1) is 0 Å². The Balaban J connectivity index is 2.18. The van der Waals surface area contributed by atoms with Gasteiger partial charge in [-0.25, -0.2) is 4.98 Å². The van der Waals surface area contributed by atoms with E-state index in [1.807, 2.05) is 13.8 Å². The van der Waals surface area contributed by atoms with Gasteiger partial charge in [0, 0.05) is 10.4 Å². The SMILES string of the molecule is CC(C)(N)c1nc2c(s1)CCCc1ccccc1-2. The Bertz CT molecular complexity index is 578. The van der Waals surface area contributed by atoms with Crippen LogP contribution in [-0.4, -0.2) is 4.98 Å². The van der Waals surface area contributed by atoms with E-state index in [0.717, 1.165) is 17.8 Å². The number of nitrogens with zero attached hydrogens (tertiary/aromatic N) is 1. The molecule has 1 aliphatic carbocycles. The molecule has 94 valence electrons. The van der Waals surface area contributed by atoms with E-state index in [-0.39, 0.29) is 5.54 Å². The van der Waals surface area contributed by atoms with Crippen LogP contribution in [0.25, 0.3) is 11.3 Å². The molecule has 0 radical (unpaired) electrons. The first-order chi connectivity index (χ1) is 8.55. The van der Waals surface area contributed by atoms with Gasteiger partial charge in [-0.15, -0.1) is 11.3 Å². The van der Waals surface area contributed by atoms with Gasteiger partial charge < -0.3 is 5.73 Å². The molecule has 1 aromatic carbocycles. The van der Waals surface area contributed by atoms with Gasteiger partial charge in [-0.1, -0.05) is 24.3 Å². The van der Waals surface area contributed by atoms with Gasteiger partial charge in [0.05, 0.1) is 11.2 Å². The Labute approximate surface area is 112 Å². The summed E-state index contributed by atoms with van der Waals surface area (Å²) in [6.45, 7) is 4.05. The molecule has 0 unspecified atom stereocenters. The van der Waals surface area contributed by atoms with E-state index in [1.165, 1.54) is 28.1 Å². The van der Waals surface area contributed by atoms with Crippen molar-refractivity contribution in [1.29, 1.82) is 0 Å². The van der Waals surface area contributed by atoms with E-state index in [2.05, 4.69) is 24.3 Å². The molecule has 2 nitrogen and oxygen atoms in total. The first kappa shape index (κ1) is 11.9. The summed E-state index contributed by atoms with van der Waals surface area (Å²) in [5, 5.41) is 1.05. The summed E-state index contributed by atoms with van der Waals surface area (Å²) in [4.78, 5) is 6.21. The molecule has 0 saturated heterocycles. The average molecular weight is 258 g/mol. The summed E-state index contributed by atoms with van der Waals surface area (Å²) >= 11 is 1.78. The number of hydrogen-bond acceptors (Lipinski definition) is 3. The molecule has 1 aliphatic rings. The van der Waals surface area contributed by atoms with E-state index >= 15 is 0 Å². The van der Waals surface area contributed by atoms with Crippen molar-refractivity contribution in [2.45, 2.75) is 38.6 Å². The highest BCUT2D eigenvalue weighted by atomic mass is 32.1. The lowest BCUT2D eigenvalue weighted by Gasteiger charge is -2.14. The average Bonchev–Trinajstić information content (AvgIpc) is 2.67. The second-order valence-corrected chi connectivity index (χ2v) is 6.61. The molecule has 18 heavy (non-hydrogen) atoms. The van der Waals surface area contributed by atoms with Crippen molar-refractivity contribution >= 4 is 11.3 Å². The summed E-state index contributed by atoms with van der Waals surface area (Å²) in [6, 6.07) is 8.62. The van der Waals surface area contributed by atoms with Crippen LogP contribution in [0.4, 0.5) is 0 Å². The molecule has 0 saturated carbocycles. The van der Waals surface area contributed by atoms with Crippen LogP contribution < -0.4 is 5.73 Å². The van der Waals surface area contributed by atoms with Crippen molar-refractivity contribution in [3.63, 3.8) is 0 Å². The molecule has 2 N–H and O–H groups in total. The third-order valence-electron chi connectivity index (χ3n) is 3.37. The molecule has 0 amide bonds. The van der Waals surface area contributed by atoms with Crippen molar-refractivity contribution in [3.05, 3.63) is 39.7 Å². The number of nitrogens with two attached hydrogens (primary N) is 1. The molecule has 3 rings (SSSR count). The fraction of sp³-hybridized carbons (Fsp3) is 0.400. The summed E-state index contributed by atoms with van der Waals surface area (Å²) in [5.74, 6) is 0. The van der Waals surface area contributed by atoms with E-state index in [9.17, 15) is 0 Å². The lowest BCUT2D eigenvalue weighted by atomic mass is 10.0. The van der Waals surface area contributed by atoms with Crippen LogP contribution in [0.1, 0.15) is 35.7 Å². The lowest BCUT2D eigenvalue weighted by Crippen LogP contribution is -2.28. The predicted molar refractivity (Wildman–Crippen MR) is 76.8 cm³/mol. The van der Waals surface area contributed by atoms with Gasteiger partial charge in [0.15, 0.2) is 0 Å². The third kappa shape index (κ3) is 1.98. The number of aromatic nitrogens is 1. The Morgan fingerprint density at radius 2 is 2.00 bits per heavy atom. The highest BCUT2D eigenvalue weighted by molar-refractivity contribution is 7.12. The second kappa shape index (κ2) is 4.18. The Morgan fingerprint density at radius 1 is 1.22 bits per heavy atom. The number of fused-ring (bicyclic) bond motifs is 3. The zero-order valence-electron chi connectivity index (χ0n) is 10.9. The molecule has 1 aromatic heterocycles.